The standard InChI is InChI=1S/C12H11N5O/c1-7-5-11(17-16-7)15-12(18)10-4-3-9(6-13)8(2)14-10/h3-5H,1-2H3,(H2,15,16,17,18). The summed E-state index contributed by atoms with van der Waals surface area (Å²) in [6, 6.07) is 6.81. The minimum absolute atomic E-state index is 0.257. The molecule has 0 atom stereocenters. The van der Waals surface area contributed by atoms with E-state index in [1.54, 1.807) is 19.1 Å². The lowest BCUT2D eigenvalue weighted by atomic mass is 10.2. The highest BCUT2D eigenvalue weighted by Crippen LogP contribution is 2.09. The summed E-state index contributed by atoms with van der Waals surface area (Å²) >= 11 is 0. The summed E-state index contributed by atoms with van der Waals surface area (Å²) < 4.78 is 0. The number of aryl methyl sites for hydroxylation is 2. The van der Waals surface area contributed by atoms with Crippen molar-refractivity contribution in [3.8, 4) is 6.07 Å². The fourth-order valence-corrected chi connectivity index (χ4v) is 1.47. The first-order valence-corrected chi connectivity index (χ1v) is 5.31. The maximum atomic E-state index is 11.9. The third kappa shape index (κ3) is 2.35. The van der Waals surface area contributed by atoms with Crippen LogP contribution in [0.25, 0.3) is 0 Å². The average molecular weight is 241 g/mol. The number of pyridine rings is 1. The molecule has 90 valence electrons. The number of carbonyl (C=O) groups is 1. The molecule has 0 bridgehead atoms. The minimum Gasteiger partial charge on any atom is -0.304 e. The summed E-state index contributed by atoms with van der Waals surface area (Å²) in [4.78, 5) is 15.9. The Kier molecular flexibility index (Phi) is 3.06. The number of carbonyl (C=O) groups excluding carboxylic acids is 1. The van der Waals surface area contributed by atoms with Crippen molar-refractivity contribution in [2.45, 2.75) is 13.8 Å². The van der Waals surface area contributed by atoms with Crippen molar-refractivity contribution in [1.29, 1.82) is 5.26 Å². The van der Waals surface area contributed by atoms with Crippen LogP contribution >= 0.6 is 0 Å². The van der Waals surface area contributed by atoms with Crippen molar-refractivity contribution in [3.05, 3.63) is 40.8 Å². The molecule has 1 amide bonds. The van der Waals surface area contributed by atoms with E-state index in [4.69, 9.17) is 5.26 Å². The van der Waals surface area contributed by atoms with Gasteiger partial charge in [0.15, 0.2) is 5.82 Å². The maximum Gasteiger partial charge on any atom is 0.275 e. The first-order chi connectivity index (χ1) is 8.60. The molecule has 2 N–H and O–H groups in total. The van der Waals surface area contributed by atoms with Crippen LogP contribution in [0, 0.1) is 25.2 Å². The highest BCUT2D eigenvalue weighted by atomic mass is 16.1. The van der Waals surface area contributed by atoms with E-state index in [0.717, 1.165) is 5.69 Å². The highest BCUT2D eigenvalue weighted by molar-refractivity contribution is 6.02. The van der Waals surface area contributed by atoms with Crippen molar-refractivity contribution >= 4 is 11.7 Å². The van der Waals surface area contributed by atoms with Crippen molar-refractivity contribution in [3.63, 3.8) is 0 Å². The molecule has 0 fully saturated rings. The number of hydrogen-bond donors (Lipinski definition) is 2. The second-order valence-corrected chi connectivity index (χ2v) is 3.83. The van der Waals surface area contributed by atoms with E-state index in [1.165, 1.54) is 6.07 Å². The Labute approximate surface area is 104 Å². The van der Waals surface area contributed by atoms with Gasteiger partial charge in [0.05, 0.1) is 11.3 Å². The fourth-order valence-electron chi connectivity index (χ4n) is 1.47. The van der Waals surface area contributed by atoms with Crippen molar-refractivity contribution in [2.24, 2.45) is 0 Å². The normalized spacial score (nSPS) is 9.83. The van der Waals surface area contributed by atoms with Gasteiger partial charge in [-0.25, -0.2) is 4.98 Å². The van der Waals surface area contributed by atoms with Gasteiger partial charge in [-0.1, -0.05) is 0 Å². The molecule has 0 aromatic carbocycles. The molecule has 0 aliphatic carbocycles. The van der Waals surface area contributed by atoms with E-state index in [0.29, 0.717) is 17.1 Å². The highest BCUT2D eigenvalue weighted by Gasteiger charge is 2.10. The lowest BCUT2D eigenvalue weighted by molar-refractivity contribution is 0.102. The van der Waals surface area contributed by atoms with Crippen LogP contribution in [0.1, 0.15) is 27.4 Å². The van der Waals surface area contributed by atoms with Gasteiger partial charge in [0, 0.05) is 11.8 Å². The van der Waals surface area contributed by atoms with Crippen LogP contribution in [0.15, 0.2) is 18.2 Å². The van der Waals surface area contributed by atoms with E-state index >= 15 is 0 Å². The largest absolute Gasteiger partial charge is 0.304 e. The van der Waals surface area contributed by atoms with Gasteiger partial charge in [-0.05, 0) is 26.0 Å². The molecule has 18 heavy (non-hydrogen) atoms. The van der Waals surface area contributed by atoms with E-state index < -0.39 is 0 Å². The summed E-state index contributed by atoms with van der Waals surface area (Å²) in [5, 5.41) is 18.0. The first kappa shape index (κ1) is 11.8. The average Bonchev–Trinajstić information content (AvgIpc) is 2.74. The molecule has 0 aliphatic rings. The third-order valence-corrected chi connectivity index (χ3v) is 2.39. The molecule has 0 aliphatic heterocycles. The number of aromatic amines is 1. The zero-order valence-corrected chi connectivity index (χ0v) is 9.98. The number of nitrogens with zero attached hydrogens (tertiary/aromatic N) is 3. The lowest BCUT2D eigenvalue weighted by Gasteiger charge is -2.02. The summed E-state index contributed by atoms with van der Waals surface area (Å²) in [6.45, 7) is 3.53. The molecule has 2 heterocycles. The van der Waals surface area contributed by atoms with Gasteiger partial charge in [0.1, 0.15) is 11.8 Å². The lowest BCUT2D eigenvalue weighted by Crippen LogP contribution is -2.14. The van der Waals surface area contributed by atoms with Gasteiger partial charge in [-0.2, -0.15) is 10.4 Å². The van der Waals surface area contributed by atoms with Crippen LogP contribution in [0.5, 0.6) is 0 Å². The number of hydrogen-bond acceptors (Lipinski definition) is 4. The third-order valence-electron chi connectivity index (χ3n) is 2.39. The molecule has 0 radical (unpaired) electrons. The smallest absolute Gasteiger partial charge is 0.275 e. The van der Waals surface area contributed by atoms with Gasteiger partial charge in [0.25, 0.3) is 5.91 Å². The number of aromatic nitrogens is 3. The van der Waals surface area contributed by atoms with Gasteiger partial charge in [-0.3, -0.25) is 9.89 Å². The molecule has 0 unspecified atom stereocenters. The SMILES string of the molecule is Cc1cc(NC(=O)c2ccc(C#N)c(C)n2)n[nH]1. The van der Waals surface area contributed by atoms with E-state index in [9.17, 15) is 4.79 Å². The Bertz CT molecular complexity index is 638. The van der Waals surface area contributed by atoms with Crippen molar-refractivity contribution < 1.29 is 4.79 Å². The molecular formula is C12H11N5O. The molecule has 0 saturated heterocycles. The number of rotatable bonds is 2. The van der Waals surface area contributed by atoms with Crippen LogP contribution in [0.2, 0.25) is 0 Å². The van der Waals surface area contributed by atoms with E-state index in [2.05, 4.69) is 20.5 Å². The van der Waals surface area contributed by atoms with Gasteiger partial charge in [0.2, 0.25) is 0 Å². The first-order valence-electron chi connectivity index (χ1n) is 5.31. The Hall–Kier alpha value is -2.68. The Morgan fingerprint density at radius 1 is 1.44 bits per heavy atom. The van der Waals surface area contributed by atoms with Crippen molar-refractivity contribution in [2.75, 3.05) is 5.32 Å². The van der Waals surface area contributed by atoms with Gasteiger partial charge >= 0.3 is 0 Å². The molecule has 2 aromatic heterocycles. The number of anilines is 1. The molecule has 0 saturated carbocycles. The number of nitrogens with one attached hydrogen (secondary N) is 2. The van der Waals surface area contributed by atoms with Gasteiger partial charge < -0.3 is 5.32 Å². The van der Waals surface area contributed by atoms with E-state index in [1.807, 2.05) is 13.0 Å². The summed E-state index contributed by atoms with van der Waals surface area (Å²) in [7, 11) is 0. The van der Waals surface area contributed by atoms with Crippen LogP contribution in [-0.4, -0.2) is 21.1 Å². The van der Waals surface area contributed by atoms with Crippen LogP contribution in [-0.2, 0) is 0 Å². The molecule has 2 rings (SSSR count). The van der Waals surface area contributed by atoms with Crippen LogP contribution in [0.3, 0.4) is 0 Å². The number of H-pyrrole nitrogens is 1. The van der Waals surface area contributed by atoms with Crippen LogP contribution < -0.4 is 5.32 Å². The Morgan fingerprint density at radius 2 is 2.22 bits per heavy atom. The Morgan fingerprint density at radius 3 is 2.78 bits per heavy atom. The fraction of sp³-hybridized carbons (Fsp3) is 0.167. The topological polar surface area (TPSA) is 94.5 Å². The number of nitriles is 1. The van der Waals surface area contributed by atoms with E-state index in [-0.39, 0.29) is 11.6 Å². The summed E-state index contributed by atoms with van der Waals surface area (Å²) in [5.74, 6) is 0.0930. The second kappa shape index (κ2) is 4.67. The predicted octanol–water partition coefficient (Wildman–Crippen LogP) is 1.55. The Balaban J connectivity index is 2.19. The molecular weight excluding hydrogens is 230 g/mol. The van der Waals surface area contributed by atoms with Crippen LogP contribution in [0.4, 0.5) is 5.82 Å². The predicted molar refractivity (Wildman–Crippen MR) is 65.0 cm³/mol. The quantitative estimate of drug-likeness (QED) is 0.833. The summed E-state index contributed by atoms with van der Waals surface area (Å²) in [5.41, 5.74) is 2.10. The van der Waals surface area contributed by atoms with Gasteiger partial charge in [-0.15, -0.1) is 0 Å². The second-order valence-electron chi connectivity index (χ2n) is 3.83. The monoisotopic (exact) mass is 241 g/mol. The zero-order valence-electron chi connectivity index (χ0n) is 9.98. The molecule has 6 nitrogen and oxygen atoms in total. The zero-order chi connectivity index (χ0) is 13.1. The summed E-state index contributed by atoms with van der Waals surface area (Å²) in [6.07, 6.45) is 0. The maximum absolute atomic E-state index is 11.9. The van der Waals surface area contributed by atoms with Crippen molar-refractivity contribution in [1.82, 2.24) is 15.2 Å². The minimum atomic E-state index is -0.353. The molecule has 0 spiro atoms. The molecule has 6 heteroatoms. The molecule has 2 aromatic rings. The number of amides is 1.